The molecule has 2 amide bonds. The van der Waals surface area contributed by atoms with Crippen molar-refractivity contribution in [1.82, 2.24) is 25.4 Å². The molecular formula is C20H31ClFN7O3. The summed E-state index contributed by atoms with van der Waals surface area (Å²) in [4.78, 5) is 35.6. The van der Waals surface area contributed by atoms with Crippen LogP contribution < -0.4 is 15.8 Å². The minimum Gasteiger partial charge on any atom is -0.351 e. The van der Waals surface area contributed by atoms with Crippen molar-refractivity contribution in [3.63, 3.8) is 0 Å². The number of nitrogens with zero attached hydrogens (tertiary/aromatic N) is 5. The summed E-state index contributed by atoms with van der Waals surface area (Å²) in [7, 11) is 0. The van der Waals surface area contributed by atoms with Crippen LogP contribution in [-0.4, -0.2) is 76.7 Å². The van der Waals surface area contributed by atoms with E-state index in [2.05, 4.69) is 32.6 Å². The summed E-state index contributed by atoms with van der Waals surface area (Å²) < 4.78 is 15.1. The summed E-state index contributed by atoms with van der Waals surface area (Å²) in [5.41, 5.74) is 4.97. The highest BCUT2D eigenvalue weighted by molar-refractivity contribution is 6.28. The fourth-order valence-corrected chi connectivity index (χ4v) is 4.55. The maximum Gasteiger partial charge on any atom is 0.243 e. The van der Waals surface area contributed by atoms with Crippen LogP contribution in [0.3, 0.4) is 0 Å². The van der Waals surface area contributed by atoms with E-state index in [1.807, 2.05) is 0 Å². The van der Waals surface area contributed by atoms with Crippen molar-refractivity contribution in [2.24, 2.45) is 11.8 Å². The van der Waals surface area contributed by atoms with Crippen molar-refractivity contribution in [2.45, 2.75) is 39.0 Å². The number of hydrazine groups is 1. The smallest absolute Gasteiger partial charge is 0.243 e. The van der Waals surface area contributed by atoms with E-state index in [0.29, 0.717) is 30.5 Å². The van der Waals surface area contributed by atoms with E-state index in [9.17, 15) is 14.8 Å². The molecule has 1 aromatic heterocycles. The van der Waals surface area contributed by atoms with Crippen molar-refractivity contribution in [3.05, 3.63) is 11.1 Å². The molecule has 12 heteroatoms. The second kappa shape index (κ2) is 11.6. The number of rotatable bonds is 10. The predicted molar refractivity (Wildman–Crippen MR) is 118 cm³/mol. The number of hydroxylamine groups is 2. The Morgan fingerprint density at radius 2 is 2.00 bits per heavy atom. The van der Waals surface area contributed by atoms with Crippen LogP contribution in [0.4, 0.5) is 16.0 Å². The summed E-state index contributed by atoms with van der Waals surface area (Å²) >= 11 is 6.02. The highest BCUT2D eigenvalue weighted by Gasteiger charge is 2.28. The monoisotopic (exact) mass is 471 g/mol. The van der Waals surface area contributed by atoms with Crippen molar-refractivity contribution in [1.29, 1.82) is 0 Å². The van der Waals surface area contributed by atoms with Gasteiger partial charge in [0.2, 0.25) is 23.4 Å². The van der Waals surface area contributed by atoms with E-state index >= 15 is 4.39 Å². The number of carbonyl (C=O) groups excluding carboxylic acids is 2. The third-order valence-electron chi connectivity index (χ3n) is 6.22. The summed E-state index contributed by atoms with van der Waals surface area (Å²) in [5, 5.41) is 9.91. The second-order valence-electron chi connectivity index (χ2n) is 8.32. The first-order valence-corrected chi connectivity index (χ1v) is 11.5. The van der Waals surface area contributed by atoms with Crippen molar-refractivity contribution in [2.75, 3.05) is 49.6 Å². The molecule has 0 bridgehead atoms. The van der Waals surface area contributed by atoms with E-state index in [0.717, 1.165) is 45.3 Å². The first-order valence-electron chi connectivity index (χ1n) is 11.1. The van der Waals surface area contributed by atoms with Crippen LogP contribution in [0, 0.1) is 17.7 Å². The lowest BCUT2D eigenvalue weighted by Gasteiger charge is -2.35. The predicted octanol–water partition coefficient (Wildman–Crippen LogP) is 1.90. The lowest BCUT2D eigenvalue weighted by Crippen LogP contribution is -2.47. The third kappa shape index (κ3) is 6.39. The van der Waals surface area contributed by atoms with Crippen molar-refractivity contribution in [3.8, 4) is 0 Å². The maximum atomic E-state index is 15.1. The standard InChI is InChI=1S/C20H31ClFN7O3/c1-2-27-7-9-28(10-8-27)18-16(22)17(23-20(21)24-18)25-26-19(31)15(12-29(32)13-30)11-14-5-3-4-6-14/h13-15,32H,2-12H2,1H3,(H,26,31)(H,23,24,25)/t15-/m1/s1. The number of carbonyl (C=O) groups is 2. The molecular weight excluding hydrogens is 441 g/mol. The number of hydrogen-bond acceptors (Lipinski definition) is 8. The van der Waals surface area contributed by atoms with Gasteiger partial charge in [0, 0.05) is 26.2 Å². The lowest BCUT2D eigenvalue weighted by molar-refractivity contribution is -0.154. The van der Waals surface area contributed by atoms with Gasteiger partial charge in [0.15, 0.2) is 11.6 Å². The number of hydrogen-bond donors (Lipinski definition) is 3. The molecule has 1 saturated heterocycles. The van der Waals surface area contributed by atoms with Crippen LogP contribution in [0.5, 0.6) is 0 Å². The number of anilines is 2. The molecule has 0 unspecified atom stereocenters. The van der Waals surface area contributed by atoms with Gasteiger partial charge in [-0.15, -0.1) is 0 Å². The molecule has 0 aromatic carbocycles. The zero-order chi connectivity index (χ0) is 23.1. The van der Waals surface area contributed by atoms with Crippen molar-refractivity contribution >= 4 is 35.6 Å². The molecule has 3 N–H and O–H groups in total. The van der Waals surface area contributed by atoms with Gasteiger partial charge in [-0.05, 0) is 30.5 Å². The Hall–Kier alpha value is -2.24. The molecule has 10 nitrogen and oxygen atoms in total. The molecule has 2 heterocycles. The molecule has 32 heavy (non-hydrogen) atoms. The first-order chi connectivity index (χ1) is 15.4. The molecule has 0 radical (unpaired) electrons. The number of piperazine rings is 1. The fourth-order valence-electron chi connectivity index (χ4n) is 4.38. The van der Waals surface area contributed by atoms with E-state index in [4.69, 9.17) is 11.6 Å². The van der Waals surface area contributed by atoms with Gasteiger partial charge in [0.1, 0.15) is 0 Å². The minimum absolute atomic E-state index is 0.0856. The van der Waals surface area contributed by atoms with Crippen LogP contribution in [0.25, 0.3) is 0 Å². The summed E-state index contributed by atoms with van der Waals surface area (Å²) in [6.45, 7) is 5.64. The Labute approximate surface area is 192 Å². The van der Waals surface area contributed by atoms with Crippen LogP contribution in [0.1, 0.15) is 39.0 Å². The zero-order valence-electron chi connectivity index (χ0n) is 18.3. The van der Waals surface area contributed by atoms with Gasteiger partial charge in [-0.25, -0.2) is 5.06 Å². The van der Waals surface area contributed by atoms with Gasteiger partial charge in [-0.3, -0.25) is 25.6 Å². The molecule has 3 rings (SSSR count). The summed E-state index contributed by atoms with van der Waals surface area (Å²) in [5.74, 6) is -1.62. The van der Waals surface area contributed by atoms with Crippen LogP contribution in [0.2, 0.25) is 5.28 Å². The van der Waals surface area contributed by atoms with Crippen LogP contribution in [-0.2, 0) is 9.59 Å². The molecule has 1 aromatic rings. The van der Waals surface area contributed by atoms with Gasteiger partial charge < -0.3 is 9.80 Å². The minimum atomic E-state index is -0.705. The number of aromatic nitrogens is 2. The average Bonchev–Trinajstić information content (AvgIpc) is 3.31. The van der Waals surface area contributed by atoms with Crippen LogP contribution in [0.15, 0.2) is 0 Å². The largest absolute Gasteiger partial charge is 0.351 e. The highest BCUT2D eigenvalue weighted by atomic mass is 35.5. The molecule has 1 aliphatic heterocycles. The summed E-state index contributed by atoms with van der Waals surface area (Å²) in [6, 6.07) is 0. The molecule has 178 valence electrons. The average molecular weight is 472 g/mol. The zero-order valence-corrected chi connectivity index (χ0v) is 19.0. The SMILES string of the molecule is CCN1CCN(c2nc(Cl)nc(NNC(=O)[C@H](CC3CCCC3)CN(O)C=O)c2F)CC1. The summed E-state index contributed by atoms with van der Waals surface area (Å²) in [6.07, 6.45) is 5.01. The van der Waals surface area contributed by atoms with E-state index in [1.165, 1.54) is 0 Å². The van der Waals surface area contributed by atoms with Gasteiger partial charge in [-0.2, -0.15) is 14.4 Å². The fraction of sp³-hybridized carbons (Fsp3) is 0.700. The third-order valence-corrected chi connectivity index (χ3v) is 6.39. The van der Waals surface area contributed by atoms with E-state index in [-0.39, 0.29) is 29.9 Å². The lowest BCUT2D eigenvalue weighted by atomic mass is 9.92. The maximum absolute atomic E-state index is 15.1. The Morgan fingerprint density at radius 3 is 2.62 bits per heavy atom. The highest BCUT2D eigenvalue weighted by Crippen LogP contribution is 2.31. The Kier molecular flexibility index (Phi) is 8.83. The molecule has 2 fully saturated rings. The van der Waals surface area contributed by atoms with Gasteiger partial charge >= 0.3 is 0 Å². The first kappa shape index (κ1) is 24.4. The Balaban J connectivity index is 1.66. The topological polar surface area (TPSA) is 114 Å². The number of likely N-dealkylation sites (N-methyl/N-ethyl adjacent to an activating group) is 1. The molecule has 2 aliphatic rings. The van der Waals surface area contributed by atoms with Crippen LogP contribution >= 0.6 is 11.6 Å². The number of nitrogens with one attached hydrogen (secondary N) is 2. The van der Waals surface area contributed by atoms with E-state index < -0.39 is 17.6 Å². The molecule has 1 aliphatic carbocycles. The second-order valence-corrected chi connectivity index (χ2v) is 8.66. The molecule has 0 spiro atoms. The van der Waals surface area contributed by atoms with Crippen molar-refractivity contribution < 1.29 is 19.2 Å². The van der Waals surface area contributed by atoms with Gasteiger partial charge in [-0.1, -0.05) is 32.6 Å². The number of halogens is 2. The van der Waals surface area contributed by atoms with Gasteiger partial charge in [0.25, 0.3) is 0 Å². The Bertz CT molecular complexity index is 789. The van der Waals surface area contributed by atoms with Gasteiger partial charge in [0.05, 0.1) is 12.5 Å². The molecule has 1 saturated carbocycles. The number of amides is 2. The molecule has 1 atom stereocenters. The quantitative estimate of drug-likeness (QED) is 0.205. The Morgan fingerprint density at radius 1 is 1.31 bits per heavy atom. The van der Waals surface area contributed by atoms with E-state index in [1.54, 1.807) is 4.90 Å². The normalized spacial score (nSPS) is 18.4.